The predicted octanol–water partition coefficient (Wildman–Crippen LogP) is 2.38. The maximum absolute atomic E-state index is 13.5. The van der Waals surface area contributed by atoms with Crippen LogP contribution in [0.4, 0.5) is 4.39 Å². The first-order chi connectivity index (χ1) is 7.33. The van der Waals surface area contributed by atoms with E-state index in [1.54, 1.807) is 36.5 Å². The summed E-state index contributed by atoms with van der Waals surface area (Å²) in [5, 5.41) is 9.09. The number of aromatic nitrogens is 1. The minimum Gasteiger partial charge on any atom is -0.390 e. The Labute approximate surface area is 87.0 Å². The smallest absolute Gasteiger partial charge is 0.131 e. The van der Waals surface area contributed by atoms with E-state index in [9.17, 15) is 4.39 Å². The third-order valence-electron chi connectivity index (χ3n) is 2.20. The molecule has 2 aromatic rings. The van der Waals surface area contributed by atoms with Gasteiger partial charge in [-0.3, -0.25) is 4.98 Å². The molecule has 1 heterocycles. The lowest BCUT2D eigenvalue weighted by molar-refractivity contribution is 0.277. The molecule has 0 unspecified atom stereocenters. The SMILES string of the molecule is OCc1ncccc1-c1ccccc1F. The van der Waals surface area contributed by atoms with Gasteiger partial charge in [-0.15, -0.1) is 0 Å². The van der Waals surface area contributed by atoms with E-state index in [-0.39, 0.29) is 12.4 Å². The van der Waals surface area contributed by atoms with Gasteiger partial charge in [0.05, 0.1) is 12.3 Å². The molecule has 0 aliphatic heterocycles. The second kappa shape index (κ2) is 4.19. The van der Waals surface area contributed by atoms with Gasteiger partial charge >= 0.3 is 0 Å². The second-order valence-corrected chi connectivity index (χ2v) is 3.14. The minimum atomic E-state index is -0.305. The quantitative estimate of drug-likeness (QED) is 0.812. The van der Waals surface area contributed by atoms with Crippen molar-refractivity contribution >= 4 is 0 Å². The average Bonchev–Trinajstić information content (AvgIpc) is 2.30. The van der Waals surface area contributed by atoms with Crippen LogP contribution in [0.3, 0.4) is 0 Å². The van der Waals surface area contributed by atoms with E-state index < -0.39 is 0 Å². The summed E-state index contributed by atoms with van der Waals surface area (Å²) < 4.78 is 13.5. The molecule has 0 spiro atoms. The van der Waals surface area contributed by atoms with Crippen LogP contribution in [-0.2, 0) is 6.61 Å². The van der Waals surface area contributed by atoms with E-state index in [1.165, 1.54) is 6.07 Å². The largest absolute Gasteiger partial charge is 0.390 e. The summed E-state index contributed by atoms with van der Waals surface area (Å²) in [4.78, 5) is 4.00. The molecular weight excluding hydrogens is 193 g/mol. The van der Waals surface area contributed by atoms with Gasteiger partial charge in [0.25, 0.3) is 0 Å². The molecular formula is C12H10FNO. The first kappa shape index (κ1) is 9.80. The zero-order chi connectivity index (χ0) is 10.7. The van der Waals surface area contributed by atoms with Crippen LogP contribution in [0.15, 0.2) is 42.6 Å². The van der Waals surface area contributed by atoms with E-state index in [2.05, 4.69) is 4.98 Å². The van der Waals surface area contributed by atoms with Crippen molar-refractivity contribution < 1.29 is 9.50 Å². The molecule has 0 fully saturated rings. The zero-order valence-electron chi connectivity index (χ0n) is 8.02. The molecule has 1 N–H and O–H groups in total. The van der Waals surface area contributed by atoms with Crippen LogP contribution in [0.1, 0.15) is 5.69 Å². The topological polar surface area (TPSA) is 33.1 Å². The van der Waals surface area contributed by atoms with Gasteiger partial charge in [0, 0.05) is 17.3 Å². The van der Waals surface area contributed by atoms with E-state index in [0.717, 1.165) is 0 Å². The fraction of sp³-hybridized carbons (Fsp3) is 0.0833. The van der Waals surface area contributed by atoms with Gasteiger partial charge in [-0.25, -0.2) is 4.39 Å². The number of pyridine rings is 1. The summed E-state index contributed by atoms with van der Waals surface area (Å²) >= 11 is 0. The molecule has 76 valence electrons. The Morgan fingerprint density at radius 3 is 2.53 bits per heavy atom. The maximum Gasteiger partial charge on any atom is 0.131 e. The highest BCUT2D eigenvalue weighted by molar-refractivity contribution is 5.66. The summed E-state index contributed by atoms with van der Waals surface area (Å²) in [6, 6.07) is 9.92. The van der Waals surface area contributed by atoms with Crippen molar-refractivity contribution in [2.45, 2.75) is 6.61 Å². The Morgan fingerprint density at radius 2 is 1.80 bits per heavy atom. The van der Waals surface area contributed by atoms with Gasteiger partial charge < -0.3 is 5.11 Å². The highest BCUT2D eigenvalue weighted by Gasteiger charge is 2.08. The fourth-order valence-corrected chi connectivity index (χ4v) is 1.49. The molecule has 0 bridgehead atoms. The Balaban J connectivity index is 2.59. The zero-order valence-corrected chi connectivity index (χ0v) is 8.02. The number of benzene rings is 1. The number of halogens is 1. The van der Waals surface area contributed by atoms with Crippen LogP contribution < -0.4 is 0 Å². The van der Waals surface area contributed by atoms with E-state index in [0.29, 0.717) is 16.8 Å². The monoisotopic (exact) mass is 203 g/mol. The van der Waals surface area contributed by atoms with Gasteiger partial charge in [-0.2, -0.15) is 0 Å². The van der Waals surface area contributed by atoms with Crippen LogP contribution in [0.25, 0.3) is 11.1 Å². The molecule has 15 heavy (non-hydrogen) atoms. The van der Waals surface area contributed by atoms with Crippen molar-refractivity contribution in [2.24, 2.45) is 0 Å². The van der Waals surface area contributed by atoms with Crippen molar-refractivity contribution in [1.82, 2.24) is 4.98 Å². The Hall–Kier alpha value is -1.74. The molecule has 0 aliphatic carbocycles. The minimum absolute atomic E-state index is 0.190. The lowest BCUT2D eigenvalue weighted by Gasteiger charge is -2.06. The van der Waals surface area contributed by atoms with Gasteiger partial charge in [-0.1, -0.05) is 24.3 Å². The van der Waals surface area contributed by atoms with Crippen molar-refractivity contribution in [3.05, 3.63) is 54.1 Å². The Morgan fingerprint density at radius 1 is 1.07 bits per heavy atom. The third kappa shape index (κ3) is 1.87. The van der Waals surface area contributed by atoms with Gasteiger partial charge in [-0.05, 0) is 12.1 Å². The maximum atomic E-state index is 13.5. The number of aliphatic hydroxyl groups is 1. The Kier molecular flexibility index (Phi) is 2.74. The normalized spacial score (nSPS) is 10.3. The number of rotatable bonds is 2. The van der Waals surface area contributed by atoms with Crippen molar-refractivity contribution in [3.63, 3.8) is 0 Å². The van der Waals surface area contributed by atoms with Crippen molar-refractivity contribution in [3.8, 4) is 11.1 Å². The molecule has 0 saturated carbocycles. The van der Waals surface area contributed by atoms with Gasteiger partial charge in [0.2, 0.25) is 0 Å². The summed E-state index contributed by atoms with van der Waals surface area (Å²) in [6.45, 7) is -0.190. The predicted molar refractivity (Wildman–Crippen MR) is 55.6 cm³/mol. The summed E-state index contributed by atoms with van der Waals surface area (Å²) in [6.07, 6.45) is 1.58. The van der Waals surface area contributed by atoms with E-state index in [1.807, 2.05) is 0 Å². The summed E-state index contributed by atoms with van der Waals surface area (Å²) in [5.41, 5.74) is 1.59. The second-order valence-electron chi connectivity index (χ2n) is 3.14. The molecule has 0 saturated heterocycles. The highest BCUT2D eigenvalue weighted by atomic mass is 19.1. The molecule has 0 amide bonds. The molecule has 2 rings (SSSR count). The fourth-order valence-electron chi connectivity index (χ4n) is 1.49. The third-order valence-corrected chi connectivity index (χ3v) is 2.20. The number of hydrogen-bond donors (Lipinski definition) is 1. The van der Waals surface area contributed by atoms with Crippen molar-refractivity contribution in [1.29, 1.82) is 0 Å². The van der Waals surface area contributed by atoms with E-state index in [4.69, 9.17) is 5.11 Å². The Bertz CT molecular complexity index is 471. The molecule has 2 nitrogen and oxygen atoms in total. The standard InChI is InChI=1S/C12H10FNO/c13-11-6-2-1-4-9(11)10-5-3-7-14-12(10)8-15/h1-7,15H,8H2. The lowest BCUT2D eigenvalue weighted by atomic mass is 10.0. The first-order valence-corrected chi connectivity index (χ1v) is 4.62. The molecule has 0 atom stereocenters. The lowest BCUT2D eigenvalue weighted by Crippen LogP contribution is -1.94. The average molecular weight is 203 g/mol. The summed E-state index contributed by atoms with van der Waals surface area (Å²) in [7, 11) is 0. The van der Waals surface area contributed by atoms with Crippen LogP contribution in [0.2, 0.25) is 0 Å². The van der Waals surface area contributed by atoms with Gasteiger partial charge in [0.1, 0.15) is 5.82 Å². The number of nitrogens with zero attached hydrogens (tertiary/aromatic N) is 1. The van der Waals surface area contributed by atoms with Crippen LogP contribution >= 0.6 is 0 Å². The molecule has 1 aromatic heterocycles. The molecule has 1 aromatic carbocycles. The molecule has 3 heteroatoms. The number of aliphatic hydroxyl groups excluding tert-OH is 1. The first-order valence-electron chi connectivity index (χ1n) is 4.62. The highest BCUT2D eigenvalue weighted by Crippen LogP contribution is 2.24. The number of hydrogen-bond acceptors (Lipinski definition) is 2. The van der Waals surface area contributed by atoms with Crippen molar-refractivity contribution in [2.75, 3.05) is 0 Å². The molecule has 0 aliphatic rings. The van der Waals surface area contributed by atoms with Crippen LogP contribution in [0, 0.1) is 5.82 Å². The van der Waals surface area contributed by atoms with Gasteiger partial charge in [0.15, 0.2) is 0 Å². The summed E-state index contributed by atoms with van der Waals surface area (Å²) in [5.74, 6) is -0.305. The van der Waals surface area contributed by atoms with E-state index >= 15 is 0 Å². The van der Waals surface area contributed by atoms with Crippen LogP contribution in [0.5, 0.6) is 0 Å². The molecule has 0 radical (unpaired) electrons. The van der Waals surface area contributed by atoms with Crippen LogP contribution in [-0.4, -0.2) is 10.1 Å².